The molecule has 4 rings (SSSR count). The van der Waals surface area contributed by atoms with E-state index in [0.29, 0.717) is 28.0 Å². The number of hydrogen-bond donors (Lipinski definition) is 2. The first-order valence-electron chi connectivity index (χ1n) is 8.04. The predicted octanol–water partition coefficient (Wildman–Crippen LogP) is 3.39. The van der Waals surface area contributed by atoms with Crippen molar-refractivity contribution in [3.05, 3.63) is 52.6 Å². The Morgan fingerprint density at radius 2 is 1.96 bits per heavy atom. The summed E-state index contributed by atoms with van der Waals surface area (Å²) in [5.74, 6) is 0.352. The SMILES string of the molecule is Cc1nc(N)ccc1-c1ccc2c3[nH]ncc3c(=O)n(CC(F)(F)F)c2c1. The molecular formula is C18H14F3N5O. The number of hydrogen-bond acceptors (Lipinski definition) is 4. The zero-order valence-corrected chi connectivity index (χ0v) is 14.1. The van der Waals surface area contributed by atoms with Crippen molar-refractivity contribution in [2.24, 2.45) is 0 Å². The molecule has 0 unspecified atom stereocenters. The summed E-state index contributed by atoms with van der Waals surface area (Å²) >= 11 is 0. The quantitative estimate of drug-likeness (QED) is 0.564. The highest BCUT2D eigenvalue weighted by atomic mass is 19.4. The second-order valence-electron chi connectivity index (χ2n) is 6.27. The van der Waals surface area contributed by atoms with Crippen molar-refractivity contribution < 1.29 is 13.2 Å². The molecule has 3 N–H and O–H groups in total. The molecule has 4 aromatic rings. The van der Waals surface area contributed by atoms with Gasteiger partial charge in [0.1, 0.15) is 12.4 Å². The van der Waals surface area contributed by atoms with Crippen molar-refractivity contribution in [3.8, 4) is 11.1 Å². The van der Waals surface area contributed by atoms with E-state index in [1.165, 1.54) is 6.20 Å². The second kappa shape index (κ2) is 5.83. The van der Waals surface area contributed by atoms with Gasteiger partial charge in [-0.1, -0.05) is 12.1 Å². The molecule has 0 amide bonds. The van der Waals surface area contributed by atoms with Crippen LogP contribution in [0.2, 0.25) is 0 Å². The lowest BCUT2D eigenvalue weighted by atomic mass is 10.0. The highest BCUT2D eigenvalue weighted by molar-refractivity contribution is 6.04. The van der Waals surface area contributed by atoms with Gasteiger partial charge >= 0.3 is 6.18 Å². The number of alkyl halides is 3. The van der Waals surface area contributed by atoms with Gasteiger partial charge in [-0.2, -0.15) is 18.3 Å². The maximum atomic E-state index is 13.1. The van der Waals surface area contributed by atoms with Crippen LogP contribution >= 0.6 is 0 Å². The van der Waals surface area contributed by atoms with Gasteiger partial charge in [-0.3, -0.25) is 14.5 Å². The number of fused-ring (bicyclic) bond motifs is 3. The fourth-order valence-electron chi connectivity index (χ4n) is 3.26. The average Bonchev–Trinajstić information content (AvgIpc) is 3.07. The summed E-state index contributed by atoms with van der Waals surface area (Å²) < 4.78 is 40.0. The molecule has 138 valence electrons. The molecule has 0 saturated carbocycles. The highest BCUT2D eigenvalue weighted by Crippen LogP contribution is 2.30. The van der Waals surface area contributed by atoms with Crippen molar-refractivity contribution in [1.29, 1.82) is 0 Å². The van der Waals surface area contributed by atoms with Crippen molar-refractivity contribution in [2.45, 2.75) is 19.6 Å². The smallest absolute Gasteiger partial charge is 0.384 e. The molecule has 3 heterocycles. The third kappa shape index (κ3) is 2.90. The summed E-state index contributed by atoms with van der Waals surface area (Å²) in [6.45, 7) is 0.378. The number of nitrogens with zero attached hydrogens (tertiary/aromatic N) is 3. The van der Waals surface area contributed by atoms with Gasteiger partial charge in [-0.05, 0) is 30.7 Å². The number of nitrogens with two attached hydrogens (primary N) is 1. The van der Waals surface area contributed by atoms with Crippen LogP contribution in [0, 0.1) is 6.92 Å². The molecule has 0 radical (unpaired) electrons. The number of pyridine rings is 2. The summed E-state index contributed by atoms with van der Waals surface area (Å²) in [7, 11) is 0. The lowest BCUT2D eigenvalue weighted by Crippen LogP contribution is -2.28. The van der Waals surface area contributed by atoms with Crippen LogP contribution in [0.4, 0.5) is 19.0 Å². The number of halogens is 3. The minimum atomic E-state index is -4.54. The maximum Gasteiger partial charge on any atom is 0.406 e. The summed E-state index contributed by atoms with van der Waals surface area (Å²) in [4.78, 5) is 16.8. The number of aromatic nitrogens is 4. The third-order valence-electron chi connectivity index (χ3n) is 4.43. The van der Waals surface area contributed by atoms with Gasteiger partial charge in [0, 0.05) is 16.6 Å². The first kappa shape index (κ1) is 17.1. The first-order chi connectivity index (χ1) is 12.7. The minimum Gasteiger partial charge on any atom is -0.384 e. The molecule has 9 heteroatoms. The van der Waals surface area contributed by atoms with E-state index in [1.807, 2.05) is 0 Å². The zero-order valence-electron chi connectivity index (χ0n) is 14.1. The van der Waals surface area contributed by atoms with Crippen LogP contribution < -0.4 is 11.3 Å². The second-order valence-corrected chi connectivity index (χ2v) is 6.27. The van der Waals surface area contributed by atoms with Crippen molar-refractivity contribution in [2.75, 3.05) is 5.73 Å². The third-order valence-corrected chi connectivity index (χ3v) is 4.43. The molecule has 0 spiro atoms. The largest absolute Gasteiger partial charge is 0.406 e. The van der Waals surface area contributed by atoms with E-state index in [0.717, 1.165) is 10.1 Å². The Balaban J connectivity index is 2.05. The van der Waals surface area contributed by atoms with Crippen molar-refractivity contribution >= 4 is 27.6 Å². The summed E-state index contributed by atoms with van der Waals surface area (Å²) in [5, 5.41) is 7.11. The molecule has 0 aliphatic rings. The topological polar surface area (TPSA) is 89.6 Å². The number of benzene rings is 1. The van der Waals surface area contributed by atoms with Gasteiger partial charge in [0.2, 0.25) is 0 Å². The Labute approximate surface area is 150 Å². The summed E-state index contributed by atoms with van der Waals surface area (Å²) in [6, 6.07) is 8.37. The van der Waals surface area contributed by atoms with E-state index in [9.17, 15) is 18.0 Å². The molecule has 0 aliphatic heterocycles. The van der Waals surface area contributed by atoms with Crippen LogP contribution in [0.15, 0.2) is 41.3 Å². The monoisotopic (exact) mass is 373 g/mol. The molecule has 0 aliphatic carbocycles. The fourth-order valence-corrected chi connectivity index (χ4v) is 3.26. The lowest BCUT2D eigenvalue weighted by Gasteiger charge is -2.15. The van der Waals surface area contributed by atoms with Crippen LogP contribution in [0.25, 0.3) is 32.9 Å². The van der Waals surface area contributed by atoms with Gasteiger partial charge < -0.3 is 5.73 Å². The number of aromatic amines is 1. The molecule has 1 aromatic carbocycles. The Bertz CT molecular complexity index is 1240. The Kier molecular flexibility index (Phi) is 3.69. The van der Waals surface area contributed by atoms with Gasteiger partial charge in [-0.15, -0.1) is 0 Å². The number of nitrogen functional groups attached to an aromatic ring is 1. The Morgan fingerprint density at radius 3 is 2.67 bits per heavy atom. The van der Waals surface area contributed by atoms with Gasteiger partial charge in [0.05, 0.1) is 22.6 Å². The number of nitrogens with one attached hydrogen (secondary N) is 1. The molecule has 0 atom stereocenters. The van der Waals surface area contributed by atoms with E-state index in [1.54, 1.807) is 37.3 Å². The lowest BCUT2D eigenvalue weighted by molar-refractivity contribution is -0.140. The minimum absolute atomic E-state index is 0.116. The Morgan fingerprint density at radius 1 is 1.19 bits per heavy atom. The highest BCUT2D eigenvalue weighted by Gasteiger charge is 2.30. The van der Waals surface area contributed by atoms with E-state index < -0.39 is 18.3 Å². The zero-order chi connectivity index (χ0) is 19.3. The van der Waals surface area contributed by atoms with Crippen molar-refractivity contribution in [1.82, 2.24) is 19.7 Å². The van der Waals surface area contributed by atoms with Gasteiger partial charge in [-0.25, -0.2) is 4.98 Å². The van der Waals surface area contributed by atoms with Crippen LogP contribution in [-0.2, 0) is 6.54 Å². The average molecular weight is 373 g/mol. The van der Waals surface area contributed by atoms with Crippen molar-refractivity contribution in [3.63, 3.8) is 0 Å². The van der Waals surface area contributed by atoms with Crippen LogP contribution in [-0.4, -0.2) is 25.9 Å². The molecule has 27 heavy (non-hydrogen) atoms. The van der Waals surface area contributed by atoms with E-state index in [4.69, 9.17) is 5.73 Å². The first-order valence-corrected chi connectivity index (χ1v) is 8.04. The standard InChI is InChI=1S/C18H14F3N5O/c1-9-11(4-5-15(22)24-9)10-2-3-12-14(6-10)26(8-18(19,20)21)17(27)13-7-23-25-16(12)13/h2-7H,8H2,1H3,(H2,22,24)(H,23,25). The van der Waals surface area contributed by atoms with Crippen LogP contribution in [0.1, 0.15) is 5.69 Å². The fraction of sp³-hybridized carbons (Fsp3) is 0.167. The maximum absolute atomic E-state index is 13.1. The summed E-state index contributed by atoms with van der Waals surface area (Å²) in [5.41, 5.74) is 7.51. The number of H-pyrrole nitrogens is 1. The predicted molar refractivity (Wildman–Crippen MR) is 96.3 cm³/mol. The number of anilines is 1. The molecular weight excluding hydrogens is 359 g/mol. The van der Waals surface area contributed by atoms with Crippen LogP contribution in [0.5, 0.6) is 0 Å². The molecule has 0 saturated heterocycles. The van der Waals surface area contributed by atoms with E-state index >= 15 is 0 Å². The number of aryl methyl sites for hydroxylation is 1. The Hall–Kier alpha value is -3.36. The van der Waals surface area contributed by atoms with Crippen LogP contribution in [0.3, 0.4) is 0 Å². The number of rotatable bonds is 2. The van der Waals surface area contributed by atoms with E-state index in [2.05, 4.69) is 15.2 Å². The molecule has 3 aromatic heterocycles. The molecule has 0 bridgehead atoms. The molecule has 6 nitrogen and oxygen atoms in total. The van der Waals surface area contributed by atoms with E-state index in [-0.39, 0.29) is 10.9 Å². The molecule has 0 fully saturated rings. The normalized spacial score (nSPS) is 12.1. The van der Waals surface area contributed by atoms with Gasteiger partial charge in [0.15, 0.2) is 0 Å². The summed E-state index contributed by atoms with van der Waals surface area (Å²) in [6.07, 6.45) is -3.30. The van der Waals surface area contributed by atoms with Gasteiger partial charge in [0.25, 0.3) is 5.56 Å².